The van der Waals surface area contributed by atoms with Gasteiger partial charge in [-0.3, -0.25) is 4.68 Å². The number of nitrogens with zero attached hydrogens (tertiary/aromatic N) is 2. The van der Waals surface area contributed by atoms with Crippen LogP contribution in [0.15, 0.2) is 0 Å². The first kappa shape index (κ1) is 13.2. The molecule has 0 saturated heterocycles. The highest BCUT2D eigenvalue weighted by Crippen LogP contribution is 2.31. The van der Waals surface area contributed by atoms with E-state index in [0.717, 1.165) is 30.1 Å². The maximum Gasteiger partial charge on any atom is 0.130 e. The zero-order valence-corrected chi connectivity index (χ0v) is 12.1. The number of rotatable bonds is 2. The Bertz CT molecular complexity index is 387. The molecule has 0 aliphatic heterocycles. The molecule has 1 aromatic rings. The fourth-order valence-corrected chi connectivity index (χ4v) is 3.43. The van der Waals surface area contributed by atoms with Crippen molar-refractivity contribution in [3.05, 3.63) is 16.4 Å². The van der Waals surface area contributed by atoms with Gasteiger partial charge in [0.1, 0.15) is 5.15 Å². The summed E-state index contributed by atoms with van der Waals surface area (Å²) in [5, 5.41) is 5.51. The second-order valence-corrected chi connectivity index (χ2v) is 6.14. The summed E-state index contributed by atoms with van der Waals surface area (Å²) in [6.45, 7) is 2.04. The summed E-state index contributed by atoms with van der Waals surface area (Å²) in [6.07, 6.45) is 7.15. The van der Waals surface area contributed by atoms with E-state index >= 15 is 0 Å². The quantitative estimate of drug-likeness (QED) is 0.586. The predicted molar refractivity (Wildman–Crippen MR) is 72.9 cm³/mol. The van der Waals surface area contributed by atoms with Gasteiger partial charge in [-0.1, -0.05) is 30.9 Å². The smallest absolute Gasteiger partial charge is 0.130 e. The first-order valence-corrected chi connectivity index (χ1v) is 7.21. The standard InChI is InChI=1S/C13H20Cl2N2/c1-9-12(13(15)17(2)16-9)8-10-5-3-4-6-11(14)7-10/h10-11H,3-8H2,1-2H3. The molecule has 0 N–H and O–H groups in total. The van der Waals surface area contributed by atoms with Gasteiger partial charge in [-0.2, -0.15) is 5.10 Å². The summed E-state index contributed by atoms with van der Waals surface area (Å²) in [5.74, 6) is 0.667. The van der Waals surface area contributed by atoms with E-state index in [1.807, 2.05) is 14.0 Å². The third-order valence-electron chi connectivity index (χ3n) is 3.73. The van der Waals surface area contributed by atoms with E-state index in [4.69, 9.17) is 23.2 Å². The van der Waals surface area contributed by atoms with Crippen molar-refractivity contribution in [1.82, 2.24) is 9.78 Å². The summed E-state index contributed by atoms with van der Waals surface area (Å²) in [4.78, 5) is 0. The van der Waals surface area contributed by atoms with Crippen molar-refractivity contribution in [2.75, 3.05) is 0 Å². The Morgan fingerprint density at radius 1 is 1.35 bits per heavy atom. The van der Waals surface area contributed by atoms with Gasteiger partial charge in [0.25, 0.3) is 0 Å². The second kappa shape index (κ2) is 5.62. The van der Waals surface area contributed by atoms with Crippen LogP contribution in [0.4, 0.5) is 0 Å². The van der Waals surface area contributed by atoms with E-state index in [0.29, 0.717) is 11.3 Å². The lowest BCUT2D eigenvalue weighted by Crippen LogP contribution is -2.09. The highest BCUT2D eigenvalue weighted by Gasteiger charge is 2.22. The Balaban J connectivity index is 2.08. The topological polar surface area (TPSA) is 17.8 Å². The average molecular weight is 275 g/mol. The number of aryl methyl sites for hydroxylation is 2. The monoisotopic (exact) mass is 274 g/mol. The molecule has 17 heavy (non-hydrogen) atoms. The van der Waals surface area contributed by atoms with Crippen molar-refractivity contribution >= 4 is 23.2 Å². The zero-order valence-electron chi connectivity index (χ0n) is 10.5. The van der Waals surface area contributed by atoms with Crippen molar-refractivity contribution in [3.8, 4) is 0 Å². The minimum atomic E-state index is 0.346. The molecular weight excluding hydrogens is 255 g/mol. The second-order valence-electron chi connectivity index (χ2n) is 5.17. The largest absolute Gasteiger partial charge is 0.257 e. The molecule has 96 valence electrons. The molecule has 1 heterocycles. The molecule has 2 rings (SSSR count). The van der Waals surface area contributed by atoms with Crippen molar-refractivity contribution in [1.29, 1.82) is 0 Å². The van der Waals surface area contributed by atoms with Gasteiger partial charge in [0.05, 0.1) is 5.69 Å². The molecule has 4 heteroatoms. The molecule has 0 bridgehead atoms. The summed E-state index contributed by atoms with van der Waals surface area (Å²) >= 11 is 12.6. The van der Waals surface area contributed by atoms with Crippen molar-refractivity contribution < 1.29 is 0 Å². The predicted octanol–water partition coefficient (Wildman–Crippen LogP) is 4.11. The van der Waals surface area contributed by atoms with Gasteiger partial charge in [-0.15, -0.1) is 11.6 Å². The Labute approximate surface area is 113 Å². The molecule has 0 aromatic carbocycles. The summed E-state index contributed by atoms with van der Waals surface area (Å²) in [7, 11) is 1.90. The van der Waals surface area contributed by atoms with Gasteiger partial charge in [0.15, 0.2) is 0 Å². The van der Waals surface area contributed by atoms with Gasteiger partial charge in [0, 0.05) is 18.0 Å². The van der Waals surface area contributed by atoms with Crippen LogP contribution in [0.2, 0.25) is 5.15 Å². The Hall–Kier alpha value is -0.210. The molecule has 1 aliphatic rings. The van der Waals surface area contributed by atoms with Gasteiger partial charge in [0.2, 0.25) is 0 Å². The number of hydrogen-bond donors (Lipinski definition) is 0. The van der Waals surface area contributed by atoms with Crippen LogP contribution in [0.1, 0.15) is 43.4 Å². The van der Waals surface area contributed by atoms with Crippen LogP contribution in [0.3, 0.4) is 0 Å². The Morgan fingerprint density at radius 2 is 2.06 bits per heavy atom. The molecule has 1 fully saturated rings. The van der Waals surface area contributed by atoms with Crippen molar-refractivity contribution in [2.24, 2.45) is 13.0 Å². The van der Waals surface area contributed by atoms with E-state index in [9.17, 15) is 0 Å². The number of hydrogen-bond acceptors (Lipinski definition) is 1. The van der Waals surface area contributed by atoms with Gasteiger partial charge in [-0.25, -0.2) is 0 Å². The summed E-state index contributed by atoms with van der Waals surface area (Å²) in [6, 6.07) is 0. The third-order valence-corrected chi connectivity index (χ3v) is 4.60. The molecule has 1 saturated carbocycles. The molecule has 0 amide bonds. The number of aromatic nitrogens is 2. The third kappa shape index (κ3) is 3.17. The molecule has 1 aliphatic carbocycles. The molecule has 2 atom stereocenters. The van der Waals surface area contributed by atoms with Gasteiger partial charge >= 0.3 is 0 Å². The fourth-order valence-electron chi connectivity index (χ4n) is 2.78. The van der Waals surface area contributed by atoms with Crippen LogP contribution in [-0.4, -0.2) is 15.2 Å². The van der Waals surface area contributed by atoms with Crippen LogP contribution in [0.5, 0.6) is 0 Å². The first-order chi connectivity index (χ1) is 8.08. The lowest BCUT2D eigenvalue weighted by atomic mass is 9.93. The van der Waals surface area contributed by atoms with E-state index in [-0.39, 0.29) is 0 Å². The van der Waals surface area contributed by atoms with E-state index < -0.39 is 0 Å². The highest BCUT2D eigenvalue weighted by atomic mass is 35.5. The van der Waals surface area contributed by atoms with Gasteiger partial charge < -0.3 is 0 Å². The molecule has 2 unspecified atom stereocenters. The van der Waals surface area contributed by atoms with Crippen LogP contribution < -0.4 is 0 Å². The minimum absolute atomic E-state index is 0.346. The lowest BCUT2D eigenvalue weighted by Gasteiger charge is -2.15. The summed E-state index contributed by atoms with van der Waals surface area (Å²) in [5.41, 5.74) is 2.28. The first-order valence-electron chi connectivity index (χ1n) is 6.40. The van der Waals surface area contributed by atoms with Crippen LogP contribution in [0, 0.1) is 12.8 Å². The molecule has 0 spiro atoms. The number of alkyl halides is 1. The van der Waals surface area contributed by atoms with Gasteiger partial charge in [-0.05, 0) is 32.1 Å². The maximum absolute atomic E-state index is 6.31. The minimum Gasteiger partial charge on any atom is -0.257 e. The van der Waals surface area contributed by atoms with Crippen molar-refractivity contribution in [2.45, 2.75) is 50.8 Å². The van der Waals surface area contributed by atoms with Crippen LogP contribution in [0.25, 0.3) is 0 Å². The van der Waals surface area contributed by atoms with Crippen LogP contribution in [-0.2, 0) is 13.5 Å². The normalized spacial score (nSPS) is 25.9. The van der Waals surface area contributed by atoms with E-state index in [1.165, 1.54) is 24.8 Å². The SMILES string of the molecule is Cc1nn(C)c(Cl)c1CC1CCCCC(Cl)C1. The molecular formula is C13H20Cl2N2. The number of halogens is 2. The van der Waals surface area contributed by atoms with E-state index in [1.54, 1.807) is 4.68 Å². The Kier molecular flexibility index (Phi) is 4.37. The maximum atomic E-state index is 6.31. The molecule has 2 nitrogen and oxygen atoms in total. The molecule has 1 aromatic heterocycles. The fraction of sp³-hybridized carbons (Fsp3) is 0.769. The summed E-state index contributed by atoms with van der Waals surface area (Å²) < 4.78 is 1.76. The van der Waals surface area contributed by atoms with Crippen LogP contribution >= 0.6 is 23.2 Å². The lowest BCUT2D eigenvalue weighted by molar-refractivity contribution is 0.459. The average Bonchev–Trinajstić information content (AvgIpc) is 2.46. The highest BCUT2D eigenvalue weighted by molar-refractivity contribution is 6.30. The molecule has 0 radical (unpaired) electrons. The Morgan fingerprint density at radius 3 is 2.71 bits per heavy atom. The zero-order chi connectivity index (χ0) is 12.4. The van der Waals surface area contributed by atoms with E-state index in [2.05, 4.69) is 5.10 Å². The van der Waals surface area contributed by atoms with Crippen molar-refractivity contribution in [3.63, 3.8) is 0 Å².